The summed E-state index contributed by atoms with van der Waals surface area (Å²) in [6.45, 7) is 11.3. The molecule has 2 aliphatic rings. The Hall–Kier alpha value is -1.39. The van der Waals surface area contributed by atoms with Gasteiger partial charge in [-0.25, -0.2) is 0 Å². The standard InChI is InChI=1S/C20H31N3O/c1-3-23(20(24)16(2)19-11-21-12-19)15-18-9-10-22(14-18)13-17-7-5-4-6-8-17/h4-8,16,18-19,21H,3,9-15H2,1-2H3. The number of amides is 1. The molecule has 1 amide bonds. The van der Waals surface area contributed by atoms with Crippen LogP contribution >= 0.6 is 0 Å². The molecule has 0 aliphatic carbocycles. The first kappa shape index (κ1) is 17.4. The van der Waals surface area contributed by atoms with Crippen molar-refractivity contribution in [3.8, 4) is 0 Å². The van der Waals surface area contributed by atoms with Crippen LogP contribution in [-0.4, -0.2) is 55.0 Å². The highest BCUT2D eigenvalue weighted by Gasteiger charge is 2.33. The molecule has 3 rings (SSSR count). The molecular weight excluding hydrogens is 298 g/mol. The number of carbonyl (C=O) groups is 1. The van der Waals surface area contributed by atoms with Crippen LogP contribution in [0, 0.1) is 17.8 Å². The molecule has 4 heteroatoms. The van der Waals surface area contributed by atoms with Crippen molar-refractivity contribution in [1.29, 1.82) is 0 Å². The zero-order chi connectivity index (χ0) is 16.9. The Bertz CT molecular complexity index is 529. The smallest absolute Gasteiger partial charge is 0.225 e. The Balaban J connectivity index is 1.48. The molecule has 1 aromatic rings. The minimum Gasteiger partial charge on any atom is -0.342 e. The zero-order valence-corrected chi connectivity index (χ0v) is 15.1. The van der Waals surface area contributed by atoms with Gasteiger partial charge in [0.2, 0.25) is 5.91 Å². The SMILES string of the molecule is CCN(CC1CCN(Cc2ccccc2)C1)C(=O)C(C)C1CNC1. The van der Waals surface area contributed by atoms with Gasteiger partial charge in [-0.3, -0.25) is 9.69 Å². The van der Waals surface area contributed by atoms with Crippen molar-refractivity contribution < 1.29 is 4.79 Å². The molecule has 0 radical (unpaired) electrons. The van der Waals surface area contributed by atoms with Crippen LogP contribution in [0.1, 0.15) is 25.8 Å². The van der Waals surface area contributed by atoms with E-state index < -0.39 is 0 Å². The van der Waals surface area contributed by atoms with Gasteiger partial charge in [0.15, 0.2) is 0 Å². The monoisotopic (exact) mass is 329 g/mol. The minimum atomic E-state index is 0.160. The number of nitrogens with one attached hydrogen (secondary N) is 1. The largest absolute Gasteiger partial charge is 0.342 e. The van der Waals surface area contributed by atoms with E-state index in [1.807, 2.05) is 0 Å². The lowest BCUT2D eigenvalue weighted by molar-refractivity contribution is -0.137. The summed E-state index contributed by atoms with van der Waals surface area (Å²) < 4.78 is 0. The summed E-state index contributed by atoms with van der Waals surface area (Å²) in [7, 11) is 0. The third-order valence-electron chi connectivity index (χ3n) is 5.70. The molecular formula is C20H31N3O. The molecule has 0 aromatic heterocycles. The predicted molar refractivity (Wildman–Crippen MR) is 97.6 cm³/mol. The Labute approximate surface area is 146 Å². The van der Waals surface area contributed by atoms with Crippen LogP contribution < -0.4 is 5.32 Å². The van der Waals surface area contributed by atoms with Gasteiger partial charge in [-0.05, 0) is 50.4 Å². The number of rotatable bonds is 7. The van der Waals surface area contributed by atoms with Crippen LogP contribution in [0.15, 0.2) is 30.3 Å². The van der Waals surface area contributed by atoms with Crippen molar-refractivity contribution >= 4 is 5.91 Å². The van der Waals surface area contributed by atoms with Gasteiger partial charge in [-0.15, -0.1) is 0 Å². The molecule has 0 bridgehead atoms. The van der Waals surface area contributed by atoms with Crippen LogP contribution in [0.5, 0.6) is 0 Å². The number of nitrogens with zero attached hydrogens (tertiary/aromatic N) is 2. The molecule has 2 heterocycles. The Morgan fingerprint density at radius 3 is 2.71 bits per heavy atom. The van der Waals surface area contributed by atoms with Crippen molar-refractivity contribution in [1.82, 2.24) is 15.1 Å². The highest BCUT2D eigenvalue weighted by molar-refractivity contribution is 5.79. The number of benzene rings is 1. The van der Waals surface area contributed by atoms with Crippen LogP contribution in [0.25, 0.3) is 0 Å². The van der Waals surface area contributed by atoms with Gasteiger partial charge in [-0.1, -0.05) is 37.3 Å². The lowest BCUT2D eigenvalue weighted by Gasteiger charge is -2.35. The molecule has 0 saturated carbocycles. The fourth-order valence-electron chi connectivity index (χ4n) is 3.89. The van der Waals surface area contributed by atoms with E-state index in [0.29, 0.717) is 17.7 Å². The summed E-state index contributed by atoms with van der Waals surface area (Å²) in [5.74, 6) is 1.66. The van der Waals surface area contributed by atoms with Gasteiger partial charge in [0, 0.05) is 32.1 Å². The van der Waals surface area contributed by atoms with Gasteiger partial charge >= 0.3 is 0 Å². The fraction of sp³-hybridized carbons (Fsp3) is 0.650. The summed E-state index contributed by atoms with van der Waals surface area (Å²) in [5, 5.41) is 3.28. The van der Waals surface area contributed by atoms with Crippen molar-refractivity contribution in [2.75, 3.05) is 39.3 Å². The molecule has 2 fully saturated rings. The number of carbonyl (C=O) groups excluding carboxylic acids is 1. The lowest BCUT2D eigenvalue weighted by Crippen LogP contribution is -2.51. The average molecular weight is 329 g/mol. The van der Waals surface area contributed by atoms with Crippen molar-refractivity contribution in [3.63, 3.8) is 0 Å². The second-order valence-electron chi connectivity index (χ2n) is 7.46. The van der Waals surface area contributed by atoms with Crippen LogP contribution in [0.4, 0.5) is 0 Å². The number of hydrogen-bond acceptors (Lipinski definition) is 3. The number of hydrogen-bond donors (Lipinski definition) is 1. The van der Waals surface area contributed by atoms with Gasteiger partial charge in [0.1, 0.15) is 0 Å². The molecule has 1 aromatic carbocycles. The van der Waals surface area contributed by atoms with E-state index in [1.165, 1.54) is 12.0 Å². The Morgan fingerprint density at radius 2 is 2.08 bits per heavy atom. The van der Waals surface area contributed by atoms with E-state index in [-0.39, 0.29) is 5.92 Å². The van der Waals surface area contributed by atoms with Crippen molar-refractivity contribution in [3.05, 3.63) is 35.9 Å². The van der Waals surface area contributed by atoms with Crippen LogP contribution in [-0.2, 0) is 11.3 Å². The fourth-order valence-corrected chi connectivity index (χ4v) is 3.89. The maximum absolute atomic E-state index is 12.8. The van der Waals surface area contributed by atoms with E-state index in [9.17, 15) is 4.79 Å². The number of likely N-dealkylation sites (tertiary alicyclic amines) is 1. The van der Waals surface area contributed by atoms with E-state index in [4.69, 9.17) is 0 Å². The molecule has 2 saturated heterocycles. The predicted octanol–water partition coefficient (Wildman–Crippen LogP) is 2.21. The van der Waals surface area contributed by atoms with Crippen LogP contribution in [0.3, 0.4) is 0 Å². The third-order valence-corrected chi connectivity index (χ3v) is 5.70. The second kappa shape index (κ2) is 8.13. The summed E-state index contributed by atoms with van der Waals surface area (Å²) in [6, 6.07) is 10.7. The summed E-state index contributed by atoms with van der Waals surface area (Å²) in [4.78, 5) is 17.4. The maximum atomic E-state index is 12.8. The zero-order valence-electron chi connectivity index (χ0n) is 15.1. The molecule has 1 N–H and O–H groups in total. The first-order valence-corrected chi connectivity index (χ1v) is 9.43. The molecule has 132 valence electrons. The topological polar surface area (TPSA) is 35.6 Å². The molecule has 24 heavy (non-hydrogen) atoms. The van der Waals surface area contributed by atoms with Crippen molar-refractivity contribution in [2.24, 2.45) is 17.8 Å². The quantitative estimate of drug-likeness (QED) is 0.833. The van der Waals surface area contributed by atoms with Crippen molar-refractivity contribution in [2.45, 2.75) is 26.8 Å². The first-order valence-electron chi connectivity index (χ1n) is 9.43. The molecule has 4 nitrogen and oxygen atoms in total. The first-order chi connectivity index (χ1) is 11.7. The lowest BCUT2D eigenvalue weighted by atomic mass is 9.87. The highest BCUT2D eigenvalue weighted by atomic mass is 16.2. The minimum absolute atomic E-state index is 0.160. The molecule has 2 unspecified atom stereocenters. The third kappa shape index (κ3) is 4.17. The Morgan fingerprint density at radius 1 is 1.33 bits per heavy atom. The summed E-state index contributed by atoms with van der Waals surface area (Å²) in [6.07, 6.45) is 1.20. The van der Waals surface area contributed by atoms with E-state index in [0.717, 1.165) is 45.8 Å². The van der Waals surface area contributed by atoms with Gasteiger partial charge in [0.05, 0.1) is 0 Å². The maximum Gasteiger partial charge on any atom is 0.225 e. The summed E-state index contributed by atoms with van der Waals surface area (Å²) in [5.41, 5.74) is 1.38. The van der Waals surface area contributed by atoms with Gasteiger partial charge in [-0.2, -0.15) is 0 Å². The van der Waals surface area contributed by atoms with E-state index >= 15 is 0 Å². The molecule has 2 atom stereocenters. The molecule has 2 aliphatic heterocycles. The average Bonchev–Trinajstić information content (AvgIpc) is 2.98. The van der Waals surface area contributed by atoms with E-state index in [2.05, 4.69) is 59.3 Å². The van der Waals surface area contributed by atoms with Gasteiger partial charge in [0.25, 0.3) is 0 Å². The second-order valence-corrected chi connectivity index (χ2v) is 7.46. The molecule has 0 spiro atoms. The van der Waals surface area contributed by atoms with Crippen LogP contribution in [0.2, 0.25) is 0 Å². The summed E-state index contributed by atoms with van der Waals surface area (Å²) >= 11 is 0. The Kier molecular flexibility index (Phi) is 5.90. The highest BCUT2D eigenvalue weighted by Crippen LogP contribution is 2.23. The van der Waals surface area contributed by atoms with Gasteiger partial charge < -0.3 is 10.2 Å². The normalized spacial score (nSPS) is 23.0. The van der Waals surface area contributed by atoms with E-state index in [1.54, 1.807) is 0 Å².